The van der Waals surface area contributed by atoms with Crippen molar-refractivity contribution in [3.63, 3.8) is 0 Å². The van der Waals surface area contributed by atoms with Crippen LogP contribution in [0.1, 0.15) is 0 Å². The molecule has 3 heteroatoms. The molecule has 0 saturated heterocycles. The Balaban J connectivity index is 0.000000640. The van der Waals surface area contributed by atoms with Gasteiger partial charge in [0, 0.05) is 0 Å². The predicted octanol–water partition coefficient (Wildman–Crippen LogP) is 0.251. The molecule has 0 aromatic rings. The minimum atomic E-state index is -0.121. The third-order valence-corrected chi connectivity index (χ3v) is 0.824. The van der Waals surface area contributed by atoms with E-state index in [1.54, 1.807) is 0 Å². The second kappa shape index (κ2) is 2.21. The molecular weight excluding hydrogens is 363 g/mol. The maximum absolute atomic E-state index is 10.3. The fourth-order valence-electron chi connectivity index (χ4n) is 0.440. The first-order chi connectivity index (χ1) is 3.79. The Morgan fingerprint density at radius 1 is 0.778 bits per heavy atom. The average Bonchev–Trinajstić information content (AvgIpc) is 1.77. The van der Waals surface area contributed by atoms with E-state index in [-0.39, 0.29) is 11.6 Å². The standard InChI is InChI=1S/C6H4O2.No/c7-5-1-2-6(8)4-3-5;/h1-4H;. The Morgan fingerprint density at radius 3 is 1.22 bits per heavy atom. The van der Waals surface area contributed by atoms with E-state index < -0.39 is 0 Å². The number of carbonyl (C=O) groups is 2. The molecule has 0 bridgehead atoms. The van der Waals surface area contributed by atoms with Crippen LogP contribution in [0.4, 0.5) is 0 Å². The van der Waals surface area contributed by atoms with Crippen LogP contribution in [0.2, 0.25) is 0 Å². The van der Waals surface area contributed by atoms with Crippen LogP contribution in [0.15, 0.2) is 24.3 Å². The molecule has 1 rings (SSSR count). The second-order valence-electron chi connectivity index (χ2n) is 1.47. The summed E-state index contributed by atoms with van der Waals surface area (Å²) >= 11 is 0. The molecule has 0 atom stereocenters. The summed E-state index contributed by atoms with van der Waals surface area (Å²) in [6, 6.07) is 0. The number of hydrogen-bond acceptors (Lipinski definition) is 2. The molecule has 0 heterocycles. The first kappa shape index (κ1) is 6.82. The van der Waals surface area contributed by atoms with Gasteiger partial charge in [-0.05, 0) is 24.3 Å². The van der Waals surface area contributed by atoms with E-state index in [9.17, 15) is 9.59 Å². The largest absolute Gasteiger partial charge is 0.290 e. The van der Waals surface area contributed by atoms with Gasteiger partial charge in [-0.3, -0.25) is 9.59 Å². The minimum absolute atomic E-state index is 0. The molecule has 0 aromatic carbocycles. The van der Waals surface area contributed by atoms with E-state index in [4.69, 9.17) is 0 Å². The molecule has 0 spiro atoms. The predicted molar refractivity (Wildman–Crippen MR) is 28.3 cm³/mol. The monoisotopic (exact) mass is 367 g/mol. The smallest absolute Gasteiger partial charge is 0.178 e. The van der Waals surface area contributed by atoms with Crippen molar-refractivity contribution in [2.75, 3.05) is 0 Å². The molecule has 0 aliphatic heterocycles. The Morgan fingerprint density at radius 2 is 1.00 bits per heavy atom. The average molecular weight is 367 g/mol. The van der Waals surface area contributed by atoms with Gasteiger partial charge in [-0.15, -0.1) is 0 Å². The number of hydrogen-bond donors (Lipinski definition) is 0. The van der Waals surface area contributed by atoms with Crippen LogP contribution < -0.4 is 0 Å². The van der Waals surface area contributed by atoms with Gasteiger partial charge in [-0.25, -0.2) is 0 Å². The van der Waals surface area contributed by atoms with E-state index in [0.717, 1.165) is 0 Å². The van der Waals surface area contributed by atoms with E-state index in [1.165, 1.54) is 24.3 Å². The quantitative estimate of drug-likeness (QED) is 0.576. The van der Waals surface area contributed by atoms with Crippen LogP contribution >= 0.6 is 0 Å². The topological polar surface area (TPSA) is 34.1 Å². The number of carbonyl (C=O) groups excluding carboxylic acids is 2. The van der Waals surface area contributed by atoms with Gasteiger partial charge in [0.25, 0.3) is 0 Å². The van der Waals surface area contributed by atoms with E-state index in [1.807, 2.05) is 0 Å². The summed E-state index contributed by atoms with van der Waals surface area (Å²) in [6.07, 6.45) is 5.01. The maximum Gasteiger partial charge on any atom is 0.178 e. The zero-order valence-electron chi connectivity index (χ0n) is 4.39. The summed E-state index contributed by atoms with van der Waals surface area (Å²) in [6.45, 7) is 0. The molecule has 0 unspecified atom stereocenters. The normalized spacial score (nSPS) is 15.6. The fourth-order valence-corrected chi connectivity index (χ4v) is 0.440. The molecule has 0 N–H and O–H groups in total. The van der Waals surface area contributed by atoms with Crippen LogP contribution in [0, 0.1) is 0 Å². The molecule has 1 aliphatic rings. The van der Waals surface area contributed by atoms with Gasteiger partial charge in [-0.2, -0.15) is 0 Å². The van der Waals surface area contributed by atoms with Crippen LogP contribution in [0.5, 0.6) is 0 Å². The number of ketones is 2. The molecule has 0 saturated carbocycles. The molecule has 0 fully saturated rings. The van der Waals surface area contributed by atoms with Gasteiger partial charge in [0.1, 0.15) is 0 Å². The second-order valence-corrected chi connectivity index (χ2v) is 1.47. The third kappa shape index (κ3) is 1.39. The van der Waals surface area contributed by atoms with Crippen molar-refractivity contribution < 1.29 is 9.59 Å². The van der Waals surface area contributed by atoms with Gasteiger partial charge in [-0.1, -0.05) is 0 Å². The molecule has 0 aromatic heterocycles. The Kier molecular flexibility index (Phi) is 1.68. The van der Waals surface area contributed by atoms with Gasteiger partial charge in [0.05, 0.1) is 0 Å². The zero-order valence-corrected chi connectivity index (χ0v) is 6.62. The molecular formula is C6H4NoO2. The SMILES string of the molecule is O=C1C=CC(=O)C=C1.[No]. The molecule has 54 valence electrons. The summed E-state index contributed by atoms with van der Waals surface area (Å²) in [5.41, 5.74) is 0. The number of allylic oxidation sites excluding steroid dienone is 4. The van der Waals surface area contributed by atoms with Crippen LogP contribution in [0.25, 0.3) is 0 Å². The Labute approximate surface area is 46.5 Å². The summed E-state index contributed by atoms with van der Waals surface area (Å²) < 4.78 is 0. The van der Waals surface area contributed by atoms with Crippen LogP contribution in [-0.4, -0.2) is 11.6 Å². The van der Waals surface area contributed by atoms with Gasteiger partial charge in [0.2, 0.25) is 0 Å². The Bertz CT molecular complexity index is 153. The summed E-state index contributed by atoms with van der Waals surface area (Å²) in [5, 5.41) is 0. The van der Waals surface area contributed by atoms with Gasteiger partial charge < -0.3 is 0 Å². The molecule has 0 radical (unpaired) electrons. The third-order valence-electron chi connectivity index (χ3n) is 0.824. The van der Waals surface area contributed by atoms with Crippen LogP contribution in [0.3, 0.4) is 0 Å². The molecule has 9 heavy (non-hydrogen) atoms. The first-order valence-electron chi connectivity index (χ1n) is 2.23. The Hall–Kier alpha value is -2.18. The van der Waals surface area contributed by atoms with E-state index in [2.05, 4.69) is 0 Å². The molecule has 0 amide bonds. The van der Waals surface area contributed by atoms with Crippen molar-refractivity contribution in [1.82, 2.24) is 0 Å². The van der Waals surface area contributed by atoms with Crippen molar-refractivity contribution in [2.24, 2.45) is 0 Å². The van der Waals surface area contributed by atoms with Crippen molar-refractivity contribution >= 4 is 11.6 Å². The van der Waals surface area contributed by atoms with Crippen molar-refractivity contribution in [1.29, 1.82) is 0 Å². The summed E-state index contributed by atoms with van der Waals surface area (Å²) in [5.74, 6) is -0.241. The van der Waals surface area contributed by atoms with E-state index >= 15 is 0 Å². The minimum Gasteiger partial charge on any atom is -0.290 e. The van der Waals surface area contributed by atoms with Crippen molar-refractivity contribution in [3.8, 4) is 0 Å². The maximum atomic E-state index is 10.3. The fraction of sp³-hybridized carbons (Fsp3) is 0. The first-order valence-corrected chi connectivity index (χ1v) is 2.23. The van der Waals surface area contributed by atoms with Gasteiger partial charge >= 0.3 is 0 Å². The zero-order chi connectivity index (χ0) is 5.98. The molecule has 1 aliphatic carbocycles. The summed E-state index contributed by atoms with van der Waals surface area (Å²) in [4.78, 5) is 20.6. The summed E-state index contributed by atoms with van der Waals surface area (Å²) in [7, 11) is 0. The number of rotatable bonds is 0. The van der Waals surface area contributed by atoms with Crippen molar-refractivity contribution in [2.45, 2.75) is 0 Å². The molecule has 2 nitrogen and oxygen atoms in total. The van der Waals surface area contributed by atoms with Crippen molar-refractivity contribution in [3.05, 3.63) is 24.3 Å². The van der Waals surface area contributed by atoms with Crippen LogP contribution in [-0.2, 0) is 9.59 Å². The van der Waals surface area contributed by atoms with Gasteiger partial charge in [0.15, 0.2) is 11.6 Å². The van der Waals surface area contributed by atoms with E-state index in [0.29, 0.717) is 0 Å².